The molecule has 1 N–H and O–H groups in total. The summed E-state index contributed by atoms with van der Waals surface area (Å²) in [5.41, 5.74) is 7.22. The van der Waals surface area contributed by atoms with Gasteiger partial charge in [0.25, 0.3) is 11.8 Å². The van der Waals surface area contributed by atoms with Gasteiger partial charge in [-0.25, -0.2) is 0 Å². The van der Waals surface area contributed by atoms with Crippen molar-refractivity contribution in [3.05, 3.63) is 144 Å². The zero-order chi connectivity index (χ0) is 33.0. The van der Waals surface area contributed by atoms with Crippen molar-refractivity contribution in [3.63, 3.8) is 0 Å². The summed E-state index contributed by atoms with van der Waals surface area (Å²) in [6, 6.07) is 37.7. The summed E-state index contributed by atoms with van der Waals surface area (Å²) in [6.07, 6.45) is 7.32. The van der Waals surface area contributed by atoms with Gasteiger partial charge >= 0.3 is 0 Å². The van der Waals surface area contributed by atoms with Gasteiger partial charge in [-0.2, -0.15) is 0 Å². The van der Waals surface area contributed by atoms with Gasteiger partial charge in [-0.15, -0.1) is 0 Å². The smallest absolute Gasteiger partial charge is 0.259 e. The number of carbonyl (C=O) groups is 2. The maximum absolute atomic E-state index is 13.5. The molecule has 0 saturated carbocycles. The van der Waals surface area contributed by atoms with Crippen LogP contribution in [0.25, 0.3) is 33.0 Å². The van der Waals surface area contributed by atoms with E-state index in [9.17, 15) is 9.59 Å². The van der Waals surface area contributed by atoms with E-state index in [1.54, 1.807) is 0 Å². The summed E-state index contributed by atoms with van der Waals surface area (Å²) in [4.78, 5) is 29.5. The number of imide groups is 1. The van der Waals surface area contributed by atoms with Gasteiger partial charge in [0, 0.05) is 78.6 Å². The number of aryl methyl sites for hydroxylation is 2. The van der Waals surface area contributed by atoms with Gasteiger partial charge in [-0.1, -0.05) is 110 Å². The van der Waals surface area contributed by atoms with E-state index >= 15 is 0 Å². The van der Waals surface area contributed by atoms with E-state index in [0.29, 0.717) is 17.1 Å². The summed E-state index contributed by atoms with van der Waals surface area (Å²) < 4.78 is 4.30. The van der Waals surface area contributed by atoms with Crippen LogP contribution in [0.15, 0.2) is 122 Å². The molecule has 1 atom stereocenters. The maximum Gasteiger partial charge on any atom is 0.259 e. The number of para-hydroxylation sites is 2. The molecule has 1 aliphatic heterocycles. The van der Waals surface area contributed by atoms with Crippen molar-refractivity contribution in [2.45, 2.75) is 45.8 Å². The summed E-state index contributed by atoms with van der Waals surface area (Å²) in [5.74, 6) is -0.191. The highest BCUT2D eigenvalue weighted by molar-refractivity contribution is 6.50. The Bertz CT molecular complexity index is 2060. The number of carbonyl (C=O) groups excluding carboxylic acids is 2. The lowest BCUT2D eigenvalue weighted by Gasteiger charge is -2.28. The molecule has 0 aliphatic carbocycles. The Balaban J connectivity index is 1.20. The van der Waals surface area contributed by atoms with Gasteiger partial charge in [0.2, 0.25) is 0 Å². The molecular formula is C42H42N4O2. The number of fused-ring (bicyclic) bond motifs is 2. The number of nitrogens with zero attached hydrogens (tertiary/aromatic N) is 3. The minimum absolute atomic E-state index is 0.341. The Labute approximate surface area is 282 Å². The van der Waals surface area contributed by atoms with Gasteiger partial charge < -0.3 is 9.13 Å². The number of benzene rings is 4. The van der Waals surface area contributed by atoms with Crippen molar-refractivity contribution in [1.82, 2.24) is 19.4 Å². The average Bonchev–Trinajstić information content (AvgIpc) is 3.73. The van der Waals surface area contributed by atoms with E-state index in [4.69, 9.17) is 0 Å². The third-order valence-corrected chi connectivity index (χ3v) is 9.64. The van der Waals surface area contributed by atoms with Gasteiger partial charge in [-0.3, -0.25) is 19.8 Å². The van der Waals surface area contributed by atoms with Crippen LogP contribution < -0.4 is 5.32 Å². The van der Waals surface area contributed by atoms with Crippen LogP contribution in [0.3, 0.4) is 0 Å². The van der Waals surface area contributed by atoms with Crippen molar-refractivity contribution >= 4 is 44.8 Å². The number of rotatable bonds is 13. The Morgan fingerprint density at radius 3 is 1.77 bits per heavy atom. The van der Waals surface area contributed by atoms with Crippen molar-refractivity contribution < 1.29 is 9.59 Å². The summed E-state index contributed by atoms with van der Waals surface area (Å²) in [7, 11) is 1.97. The molecule has 0 radical (unpaired) electrons. The first-order chi connectivity index (χ1) is 23.5. The molecule has 2 amide bonds. The SMILES string of the molecule is CCCC(CCn1cc(C2=C(c3cn(C)c4ccccc34)C(=O)NC2=O)c2ccccc21)CN(Cc1ccccc1)Cc1ccccc1. The monoisotopic (exact) mass is 634 g/mol. The first-order valence-electron chi connectivity index (χ1n) is 17.0. The molecule has 6 heteroatoms. The fourth-order valence-electron chi connectivity index (χ4n) is 7.43. The lowest BCUT2D eigenvalue weighted by molar-refractivity contribution is -0.122. The number of aromatic nitrogens is 2. The lowest BCUT2D eigenvalue weighted by atomic mass is 9.95. The Morgan fingerprint density at radius 2 is 1.17 bits per heavy atom. The minimum atomic E-state index is -0.344. The van der Waals surface area contributed by atoms with Crippen LogP contribution in [0.1, 0.15) is 48.4 Å². The van der Waals surface area contributed by atoms with Crippen molar-refractivity contribution in [2.24, 2.45) is 13.0 Å². The Hall–Kier alpha value is -5.20. The number of hydrogen-bond acceptors (Lipinski definition) is 3. The molecule has 6 aromatic rings. The van der Waals surface area contributed by atoms with E-state index in [0.717, 1.165) is 78.4 Å². The molecule has 48 heavy (non-hydrogen) atoms. The molecule has 1 aliphatic rings. The topological polar surface area (TPSA) is 59.3 Å². The Kier molecular flexibility index (Phi) is 9.08. The third-order valence-electron chi connectivity index (χ3n) is 9.64. The molecule has 0 saturated heterocycles. The zero-order valence-corrected chi connectivity index (χ0v) is 27.7. The first-order valence-corrected chi connectivity index (χ1v) is 17.0. The van der Waals surface area contributed by atoms with Crippen molar-refractivity contribution in [3.8, 4) is 0 Å². The van der Waals surface area contributed by atoms with E-state index in [2.05, 4.69) is 101 Å². The van der Waals surface area contributed by atoms with Gasteiger partial charge in [0.1, 0.15) is 0 Å². The van der Waals surface area contributed by atoms with Crippen LogP contribution in [0.4, 0.5) is 0 Å². The van der Waals surface area contributed by atoms with Crippen LogP contribution >= 0.6 is 0 Å². The van der Waals surface area contributed by atoms with Crippen LogP contribution in [-0.2, 0) is 36.3 Å². The highest BCUT2D eigenvalue weighted by Crippen LogP contribution is 2.39. The second-order valence-electron chi connectivity index (χ2n) is 13.0. The number of hydrogen-bond donors (Lipinski definition) is 1. The van der Waals surface area contributed by atoms with Gasteiger partial charge in [0.05, 0.1) is 11.1 Å². The van der Waals surface area contributed by atoms with E-state index < -0.39 is 0 Å². The fourth-order valence-corrected chi connectivity index (χ4v) is 7.43. The number of nitrogens with one attached hydrogen (secondary N) is 1. The average molecular weight is 635 g/mol. The van der Waals surface area contributed by atoms with Crippen LogP contribution in [0, 0.1) is 5.92 Å². The van der Waals surface area contributed by atoms with E-state index in [1.807, 2.05) is 54.2 Å². The molecular weight excluding hydrogens is 592 g/mol. The van der Waals surface area contributed by atoms with E-state index in [1.165, 1.54) is 11.1 Å². The predicted molar refractivity (Wildman–Crippen MR) is 195 cm³/mol. The second kappa shape index (κ2) is 13.9. The normalized spacial score (nSPS) is 14.1. The zero-order valence-electron chi connectivity index (χ0n) is 27.7. The van der Waals surface area contributed by atoms with Crippen LogP contribution in [0.5, 0.6) is 0 Å². The molecule has 0 fully saturated rings. The standard InChI is InChI=1S/C42H42N4O2/c1-3-14-30(25-45(26-31-15-6-4-7-16-31)27-32-17-8-5-9-18-32)23-24-46-29-36(34-20-11-13-22-38(34)46)40-39(41(47)43-42(40)48)35-28-44(2)37-21-12-10-19-33(35)37/h4-13,15-22,28-30H,3,14,23-27H2,1-2H3,(H,43,47,48). The highest BCUT2D eigenvalue weighted by atomic mass is 16.2. The second-order valence-corrected chi connectivity index (χ2v) is 13.0. The summed E-state index contributed by atoms with van der Waals surface area (Å²) >= 11 is 0. The number of amides is 2. The summed E-state index contributed by atoms with van der Waals surface area (Å²) in [6.45, 7) is 5.90. The first kappa shape index (κ1) is 31.4. The van der Waals surface area contributed by atoms with Crippen molar-refractivity contribution in [1.29, 1.82) is 0 Å². The minimum Gasteiger partial charge on any atom is -0.350 e. The summed E-state index contributed by atoms with van der Waals surface area (Å²) in [5, 5.41) is 4.55. The Morgan fingerprint density at radius 1 is 0.646 bits per heavy atom. The van der Waals surface area contributed by atoms with Crippen LogP contribution in [0.2, 0.25) is 0 Å². The molecule has 242 valence electrons. The molecule has 0 spiro atoms. The predicted octanol–water partition coefficient (Wildman–Crippen LogP) is 8.21. The molecule has 7 rings (SSSR count). The molecule has 2 aromatic heterocycles. The lowest BCUT2D eigenvalue weighted by Crippen LogP contribution is -2.29. The molecule has 6 nitrogen and oxygen atoms in total. The largest absolute Gasteiger partial charge is 0.350 e. The molecule has 0 bridgehead atoms. The quantitative estimate of drug-likeness (QED) is 0.130. The molecule has 1 unspecified atom stereocenters. The molecule has 3 heterocycles. The maximum atomic E-state index is 13.5. The van der Waals surface area contributed by atoms with Crippen LogP contribution in [-0.4, -0.2) is 32.4 Å². The third kappa shape index (κ3) is 6.36. The van der Waals surface area contributed by atoms with E-state index in [-0.39, 0.29) is 11.8 Å². The van der Waals surface area contributed by atoms with Gasteiger partial charge in [0.15, 0.2) is 0 Å². The van der Waals surface area contributed by atoms with Gasteiger partial charge in [-0.05, 0) is 42.0 Å². The highest BCUT2D eigenvalue weighted by Gasteiger charge is 2.35. The molecule has 4 aromatic carbocycles. The van der Waals surface area contributed by atoms with Crippen molar-refractivity contribution in [2.75, 3.05) is 6.54 Å². The fraction of sp³-hybridized carbons (Fsp3) is 0.238.